The van der Waals surface area contributed by atoms with E-state index in [0.29, 0.717) is 17.5 Å². The smallest absolute Gasteiger partial charge is 0.329 e. The zero-order valence-electron chi connectivity index (χ0n) is 12.8. The molecule has 2 aromatic rings. The Balaban J connectivity index is 2.33. The van der Waals surface area contributed by atoms with E-state index in [1.165, 1.54) is 11.3 Å². The van der Waals surface area contributed by atoms with E-state index in [1.54, 1.807) is 41.1 Å². The lowest BCUT2D eigenvalue weighted by atomic mass is 9.89. The van der Waals surface area contributed by atoms with Crippen molar-refractivity contribution in [3.63, 3.8) is 0 Å². The number of carboxylic acids is 1. The Labute approximate surface area is 139 Å². The number of carboxylic acid groups (broad SMARTS) is 1. The number of hydrogen-bond acceptors (Lipinski definition) is 3. The molecule has 3 N–H and O–H groups in total. The van der Waals surface area contributed by atoms with Gasteiger partial charge < -0.3 is 10.00 Å². The summed E-state index contributed by atoms with van der Waals surface area (Å²) in [5.74, 6) is -1.14. The van der Waals surface area contributed by atoms with E-state index < -0.39 is 19.0 Å². The molecule has 0 saturated heterocycles. The van der Waals surface area contributed by atoms with Crippen LogP contribution in [0.2, 0.25) is 0 Å². The molecule has 7 heteroatoms. The summed E-state index contributed by atoms with van der Waals surface area (Å²) in [7, 11) is -3.89. The molecule has 2 unspecified atom stereocenters. The predicted octanol–water partition coefficient (Wildman–Crippen LogP) is 3.80. The molecular formula is C16H20NO4PS. The van der Waals surface area contributed by atoms with Gasteiger partial charge in [0.2, 0.25) is 0 Å². The average molecular weight is 353 g/mol. The fraction of sp³-hybridized carbons (Fsp3) is 0.312. The van der Waals surface area contributed by atoms with Gasteiger partial charge in [0.05, 0.1) is 6.16 Å². The zero-order valence-corrected chi connectivity index (χ0v) is 14.5. The molecule has 1 aromatic carbocycles. The van der Waals surface area contributed by atoms with E-state index in [9.17, 15) is 19.4 Å². The van der Waals surface area contributed by atoms with E-state index >= 15 is 0 Å². The summed E-state index contributed by atoms with van der Waals surface area (Å²) >= 11 is 1.37. The number of hydrogen-bond donors (Lipinski definition) is 3. The Morgan fingerprint density at radius 1 is 1.30 bits per heavy atom. The first kappa shape index (κ1) is 17.9. The van der Waals surface area contributed by atoms with Crippen molar-refractivity contribution in [2.24, 2.45) is 0 Å². The van der Waals surface area contributed by atoms with Gasteiger partial charge in [-0.25, -0.2) is 9.88 Å². The molecule has 23 heavy (non-hydrogen) atoms. The molecule has 0 bridgehead atoms. The second-order valence-corrected chi connectivity index (χ2v) is 8.15. The van der Waals surface area contributed by atoms with Crippen LogP contribution in [0.25, 0.3) is 0 Å². The Morgan fingerprint density at radius 3 is 2.52 bits per heavy atom. The second kappa shape index (κ2) is 7.41. The van der Waals surface area contributed by atoms with Gasteiger partial charge in [-0.05, 0) is 34.4 Å². The standard InChI is InChI=1S/C16H20NO4PS/c1-2-9-16(15(18)19,14-8-10-23-12-14)17-22(20,21)11-13-6-4-3-5-7-13/h3-8,10,12H,2,9,11H2,1H3,(H,18,19)(H2,17,20,21). The fourth-order valence-corrected chi connectivity index (χ4v) is 5.04. The largest absolute Gasteiger partial charge is 0.480 e. The van der Waals surface area contributed by atoms with Crippen LogP contribution >= 0.6 is 18.9 Å². The van der Waals surface area contributed by atoms with Gasteiger partial charge in [-0.2, -0.15) is 11.3 Å². The third-order valence-electron chi connectivity index (χ3n) is 3.61. The fourth-order valence-electron chi connectivity index (χ4n) is 2.59. The number of nitrogens with one attached hydrogen (secondary N) is 1. The van der Waals surface area contributed by atoms with Crippen molar-refractivity contribution in [2.75, 3.05) is 0 Å². The van der Waals surface area contributed by atoms with E-state index in [4.69, 9.17) is 0 Å². The maximum Gasteiger partial charge on any atom is 0.329 e. The van der Waals surface area contributed by atoms with Crippen molar-refractivity contribution in [1.29, 1.82) is 0 Å². The van der Waals surface area contributed by atoms with Crippen LogP contribution in [-0.2, 0) is 21.1 Å². The molecule has 0 aliphatic heterocycles. The average Bonchev–Trinajstić information content (AvgIpc) is 3.01. The van der Waals surface area contributed by atoms with Crippen molar-refractivity contribution in [1.82, 2.24) is 5.09 Å². The highest BCUT2D eigenvalue weighted by molar-refractivity contribution is 7.55. The van der Waals surface area contributed by atoms with Crippen molar-refractivity contribution in [3.05, 3.63) is 58.3 Å². The minimum absolute atomic E-state index is 0.114. The topological polar surface area (TPSA) is 86.6 Å². The van der Waals surface area contributed by atoms with E-state index in [1.807, 2.05) is 13.0 Å². The molecule has 1 aromatic heterocycles. The van der Waals surface area contributed by atoms with E-state index in [-0.39, 0.29) is 12.6 Å². The lowest BCUT2D eigenvalue weighted by Crippen LogP contribution is -2.47. The second-order valence-electron chi connectivity index (χ2n) is 5.43. The summed E-state index contributed by atoms with van der Waals surface area (Å²) in [6, 6.07) is 10.6. The molecule has 0 spiro atoms. The van der Waals surface area contributed by atoms with Gasteiger partial charge in [-0.1, -0.05) is 43.7 Å². The summed E-state index contributed by atoms with van der Waals surface area (Å²) in [4.78, 5) is 22.3. The first-order chi connectivity index (χ1) is 10.9. The van der Waals surface area contributed by atoms with Crippen molar-refractivity contribution < 1.29 is 19.4 Å². The lowest BCUT2D eigenvalue weighted by molar-refractivity contribution is -0.145. The molecule has 0 aliphatic rings. The van der Waals surface area contributed by atoms with Crippen LogP contribution in [0.1, 0.15) is 30.9 Å². The summed E-state index contributed by atoms with van der Waals surface area (Å²) in [5.41, 5.74) is -0.348. The van der Waals surface area contributed by atoms with Gasteiger partial charge in [0, 0.05) is 0 Å². The Bertz CT molecular complexity index is 689. The Kier molecular flexibility index (Phi) is 5.76. The summed E-state index contributed by atoms with van der Waals surface area (Å²) < 4.78 is 12.7. The number of aliphatic carboxylic acids is 1. The molecule has 2 atom stereocenters. The normalized spacial score (nSPS) is 16.4. The maximum atomic E-state index is 12.7. The van der Waals surface area contributed by atoms with Crippen LogP contribution < -0.4 is 5.09 Å². The third kappa shape index (κ3) is 4.30. The first-order valence-corrected chi connectivity index (χ1v) is 10.1. The zero-order chi connectivity index (χ0) is 16.9. The molecule has 0 radical (unpaired) electrons. The van der Waals surface area contributed by atoms with Gasteiger partial charge in [-0.3, -0.25) is 4.57 Å². The molecule has 124 valence electrons. The third-order valence-corrected chi connectivity index (χ3v) is 5.82. The highest BCUT2D eigenvalue weighted by Crippen LogP contribution is 2.46. The lowest BCUT2D eigenvalue weighted by Gasteiger charge is -2.32. The van der Waals surface area contributed by atoms with Gasteiger partial charge in [0.15, 0.2) is 5.54 Å². The molecule has 5 nitrogen and oxygen atoms in total. The van der Waals surface area contributed by atoms with Crippen molar-refractivity contribution >= 4 is 24.8 Å². The summed E-state index contributed by atoms with van der Waals surface area (Å²) in [5, 5.41) is 15.8. The molecular weight excluding hydrogens is 333 g/mol. The SMILES string of the molecule is CCCC(NP(=O)(O)Cc1ccccc1)(C(=O)O)c1ccsc1. The number of benzene rings is 1. The van der Waals surface area contributed by atoms with Crippen LogP contribution in [0.15, 0.2) is 47.2 Å². The van der Waals surface area contributed by atoms with E-state index in [0.717, 1.165) is 0 Å². The Morgan fingerprint density at radius 2 is 2.00 bits per heavy atom. The number of carbonyl (C=O) groups is 1. The molecule has 2 rings (SSSR count). The predicted molar refractivity (Wildman–Crippen MR) is 91.6 cm³/mol. The highest BCUT2D eigenvalue weighted by atomic mass is 32.1. The van der Waals surface area contributed by atoms with Crippen LogP contribution in [0, 0.1) is 0 Å². The van der Waals surface area contributed by atoms with Crippen LogP contribution in [0.4, 0.5) is 0 Å². The van der Waals surface area contributed by atoms with Gasteiger partial charge in [0.25, 0.3) is 7.52 Å². The summed E-state index contributed by atoms with van der Waals surface area (Å²) in [6.45, 7) is 1.85. The van der Waals surface area contributed by atoms with Gasteiger partial charge in [0.1, 0.15) is 0 Å². The molecule has 0 aliphatic carbocycles. The number of rotatable bonds is 8. The highest BCUT2D eigenvalue weighted by Gasteiger charge is 2.44. The van der Waals surface area contributed by atoms with Crippen LogP contribution in [0.3, 0.4) is 0 Å². The van der Waals surface area contributed by atoms with Crippen molar-refractivity contribution in [2.45, 2.75) is 31.5 Å². The van der Waals surface area contributed by atoms with Crippen LogP contribution in [-0.4, -0.2) is 16.0 Å². The monoisotopic (exact) mass is 353 g/mol. The van der Waals surface area contributed by atoms with Crippen LogP contribution in [0.5, 0.6) is 0 Å². The first-order valence-electron chi connectivity index (χ1n) is 7.31. The molecule has 0 amide bonds. The minimum atomic E-state index is -3.89. The summed E-state index contributed by atoms with van der Waals surface area (Å²) in [6.07, 6.45) is 0.690. The molecule has 0 saturated carbocycles. The minimum Gasteiger partial charge on any atom is -0.480 e. The van der Waals surface area contributed by atoms with Gasteiger partial charge >= 0.3 is 5.97 Å². The van der Waals surface area contributed by atoms with Gasteiger partial charge in [-0.15, -0.1) is 0 Å². The molecule has 1 heterocycles. The Hall–Kier alpha value is -1.46. The quantitative estimate of drug-likeness (QED) is 0.628. The molecule has 0 fully saturated rings. The van der Waals surface area contributed by atoms with E-state index in [2.05, 4.69) is 5.09 Å². The van der Waals surface area contributed by atoms with Crippen molar-refractivity contribution in [3.8, 4) is 0 Å². The maximum absolute atomic E-state index is 12.7. The number of thiophene rings is 1.